The number of halogens is 1. The number of rotatable bonds is 1. The molecule has 0 radical (unpaired) electrons. The van der Waals surface area contributed by atoms with Crippen LogP contribution < -0.4 is 0 Å². The Balaban J connectivity index is 2.01. The topological polar surface area (TPSA) is 53.4 Å². The van der Waals surface area contributed by atoms with Gasteiger partial charge in [0.15, 0.2) is 0 Å². The number of benzene rings is 1. The van der Waals surface area contributed by atoms with Gasteiger partial charge >= 0.3 is 5.97 Å². The zero-order chi connectivity index (χ0) is 14.6. The summed E-state index contributed by atoms with van der Waals surface area (Å²) in [5, 5.41) is 10.9. The third-order valence-corrected chi connectivity index (χ3v) is 4.82. The highest BCUT2D eigenvalue weighted by Crippen LogP contribution is 2.42. The lowest BCUT2D eigenvalue weighted by Gasteiger charge is -2.28. The summed E-state index contributed by atoms with van der Waals surface area (Å²) in [5.41, 5.74) is 2.95. The summed E-state index contributed by atoms with van der Waals surface area (Å²) in [6.45, 7) is 1.72. The van der Waals surface area contributed by atoms with Gasteiger partial charge in [-0.25, -0.2) is 4.79 Å². The highest BCUT2D eigenvalue weighted by molar-refractivity contribution is 6.31. The second kappa shape index (κ2) is 4.68. The summed E-state index contributed by atoms with van der Waals surface area (Å²) in [4.78, 5) is 18.9. The highest BCUT2D eigenvalue weighted by Gasteiger charge is 2.36. The lowest BCUT2D eigenvalue weighted by atomic mass is 9.97. The number of aromatic nitrogens is 1. The van der Waals surface area contributed by atoms with Crippen LogP contribution in [0.15, 0.2) is 18.2 Å². The zero-order valence-corrected chi connectivity index (χ0v) is 12.2. The molecule has 1 atom stereocenters. The van der Waals surface area contributed by atoms with Gasteiger partial charge in [-0.15, -0.1) is 0 Å². The molecule has 1 saturated heterocycles. The van der Waals surface area contributed by atoms with E-state index in [4.69, 9.17) is 16.6 Å². The van der Waals surface area contributed by atoms with E-state index < -0.39 is 5.97 Å². The first-order valence-corrected chi connectivity index (χ1v) is 7.62. The second-order valence-corrected chi connectivity index (χ2v) is 6.24. The average Bonchev–Trinajstić information content (AvgIpc) is 2.82. The first kappa shape index (κ1) is 13.0. The van der Waals surface area contributed by atoms with E-state index in [9.17, 15) is 9.90 Å². The van der Waals surface area contributed by atoms with Crippen LogP contribution in [0.3, 0.4) is 0 Å². The van der Waals surface area contributed by atoms with Crippen molar-refractivity contribution in [3.63, 3.8) is 0 Å². The largest absolute Gasteiger partial charge is 0.478 e. The summed E-state index contributed by atoms with van der Waals surface area (Å²) < 4.78 is 0. The van der Waals surface area contributed by atoms with Crippen LogP contribution in [-0.4, -0.2) is 27.5 Å². The summed E-state index contributed by atoms with van der Waals surface area (Å²) in [7, 11) is 0. The number of aromatic carboxylic acids is 1. The van der Waals surface area contributed by atoms with Crippen LogP contribution in [0.2, 0.25) is 5.02 Å². The quantitative estimate of drug-likeness (QED) is 0.874. The third kappa shape index (κ3) is 1.93. The molecule has 21 heavy (non-hydrogen) atoms. The summed E-state index contributed by atoms with van der Waals surface area (Å²) in [6, 6.07) is 5.58. The number of hydrogen-bond acceptors (Lipinski definition) is 3. The molecule has 0 amide bonds. The minimum atomic E-state index is -0.888. The zero-order valence-electron chi connectivity index (χ0n) is 11.5. The van der Waals surface area contributed by atoms with E-state index in [0.29, 0.717) is 22.5 Å². The van der Waals surface area contributed by atoms with Crippen molar-refractivity contribution in [2.75, 3.05) is 6.54 Å². The van der Waals surface area contributed by atoms with Gasteiger partial charge in [-0.05, 0) is 37.6 Å². The summed E-state index contributed by atoms with van der Waals surface area (Å²) >= 11 is 6.04. The van der Waals surface area contributed by atoms with Crippen LogP contribution in [-0.2, 0) is 6.54 Å². The molecule has 4 rings (SSSR count). The normalized spacial score (nSPS) is 21.3. The fraction of sp³-hybridized carbons (Fsp3) is 0.375. The Bertz CT molecular complexity index is 760. The predicted octanol–water partition coefficient (Wildman–Crippen LogP) is 3.63. The molecule has 2 aliphatic heterocycles. The van der Waals surface area contributed by atoms with Crippen LogP contribution in [0.5, 0.6) is 0 Å². The van der Waals surface area contributed by atoms with Crippen LogP contribution >= 0.6 is 11.6 Å². The Morgan fingerprint density at radius 1 is 1.38 bits per heavy atom. The average molecular weight is 303 g/mol. The summed E-state index contributed by atoms with van der Waals surface area (Å²) in [5.74, 6) is -0.888. The van der Waals surface area contributed by atoms with Gasteiger partial charge in [-0.1, -0.05) is 18.0 Å². The fourth-order valence-electron chi connectivity index (χ4n) is 3.67. The van der Waals surface area contributed by atoms with Crippen LogP contribution in [0.25, 0.3) is 10.9 Å². The smallest absolute Gasteiger partial charge is 0.336 e. The van der Waals surface area contributed by atoms with Crippen molar-refractivity contribution in [3.05, 3.63) is 40.0 Å². The minimum absolute atomic E-state index is 0.284. The monoisotopic (exact) mass is 302 g/mol. The van der Waals surface area contributed by atoms with Gasteiger partial charge in [0.25, 0.3) is 0 Å². The van der Waals surface area contributed by atoms with Crippen molar-refractivity contribution in [2.24, 2.45) is 0 Å². The lowest BCUT2D eigenvalue weighted by molar-refractivity contribution is 0.0697. The Morgan fingerprint density at radius 3 is 3.05 bits per heavy atom. The van der Waals surface area contributed by atoms with Crippen LogP contribution in [0.4, 0.5) is 0 Å². The molecule has 0 saturated carbocycles. The van der Waals surface area contributed by atoms with E-state index in [1.54, 1.807) is 12.1 Å². The first-order valence-electron chi connectivity index (χ1n) is 7.24. The van der Waals surface area contributed by atoms with Gasteiger partial charge in [-0.2, -0.15) is 0 Å². The Morgan fingerprint density at radius 2 is 2.24 bits per heavy atom. The maximum atomic E-state index is 11.8. The number of fused-ring (bicyclic) bond motifs is 4. The van der Waals surface area contributed by atoms with Gasteiger partial charge in [0, 0.05) is 22.5 Å². The Hall–Kier alpha value is -1.65. The van der Waals surface area contributed by atoms with E-state index >= 15 is 0 Å². The number of hydrogen-bond donors (Lipinski definition) is 1. The van der Waals surface area contributed by atoms with Crippen molar-refractivity contribution < 1.29 is 9.90 Å². The van der Waals surface area contributed by atoms with Crippen LogP contribution in [0, 0.1) is 0 Å². The minimum Gasteiger partial charge on any atom is -0.478 e. The molecule has 5 heteroatoms. The molecular formula is C16H15ClN2O2. The van der Waals surface area contributed by atoms with Crippen molar-refractivity contribution in [1.82, 2.24) is 9.88 Å². The standard InChI is InChI=1S/C16H15ClN2O2/c17-9-4-5-12-10(7-9)14(16(20)21)11-8-19-6-2-1-3-13(19)15(11)18-12/h4-5,7,13H,1-3,6,8H2,(H,20,21). The van der Waals surface area contributed by atoms with E-state index in [-0.39, 0.29) is 6.04 Å². The van der Waals surface area contributed by atoms with Gasteiger partial charge in [0.1, 0.15) is 0 Å². The molecule has 1 aromatic heterocycles. The molecule has 1 aromatic carbocycles. The molecule has 1 fully saturated rings. The van der Waals surface area contributed by atoms with E-state index in [2.05, 4.69) is 4.90 Å². The molecule has 108 valence electrons. The molecule has 2 aliphatic rings. The number of carboxylic acid groups (broad SMARTS) is 1. The van der Waals surface area contributed by atoms with Crippen molar-refractivity contribution in [1.29, 1.82) is 0 Å². The molecule has 0 bridgehead atoms. The molecule has 0 spiro atoms. The predicted molar refractivity (Wildman–Crippen MR) is 80.7 cm³/mol. The number of carboxylic acids is 1. The first-order chi connectivity index (χ1) is 10.1. The second-order valence-electron chi connectivity index (χ2n) is 5.80. The van der Waals surface area contributed by atoms with E-state index in [1.165, 1.54) is 12.8 Å². The van der Waals surface area contributed by atoms with Crippen molar-refractivity contribution in [2.45, 2.75) is 31.8 Å². The lowest BCUT2D eigenvalue weighted by Crippen LogP contribution is -2.27. The van der Waals surface area contributed by atoms with Crippen LogP contribution in [0.1, 0.15) is 46.9 Å². The maximum absolute atomic E-state index is 11.8. The SMILES string of the molecule is O=C(O)c1c2c(nc3ccc(Cl)cc13)C1CCCCN1C2. The van der Waals surface area contributed by atoms with E-state index in [1.807, 2.05) is 6.07 Å². The maximum Gasteiger partial charge on any atom is 0.336 e. The Labute approximate surface area is 127 Å². The Kier molecular flexibility index (Phi) is 2.91. The number of carbonyl (C=O) groups is 1. The fourth-order valence-corrected chi connectivity index (χ4v) is 3.84. The van der Waals surface area contributed by atoms with Gasteiger partial charge in [0.05, 0.1) is 22.8 Å². The molecule has 0 aliphatic carbocycles. The highest BCUT2D eigenvalue weighted by atomic mass is 35.5. The van der Waals surface area contributed by atoms with Crippen molar-refractivity contribution in [3.8, 4) is 0 Å². The van der Waals surface area contributed by atoms with Gasteiger partial charge < -0.3 is 5.11 Å². The molecule has 3 heterocycles. The number of nitrogens with zero attached hydrogens (tertiary/aromatic N) is 2. The third-order valence-electron chi connectivity index (χ3n) is 4.58. The molecule has 1 unspecified atom stereocenters. The van der Waals surface area contributed by atoms with E-state index in [0.717, 1.165) is 29.7 Å². The number of pyridine rings is 1. The molecular weight excluding hydrogens is 288 g/mol. The molecule has 2 aromatic rings. The number of piperidine rings is 1. The summed E-state index contributed by atoms with van der Waals surface area (Å²) in [6.07, 6.45) is 3.43. The van der Waals surface area contributed by atoms with Gasteiger partial charge in [-0.3, -0.25) is 9.88 Å². The van der Waals surface area contributed by atoms with Gasteiger partial charge in [0.2, 0.25) is 0 Å². The van der Waals surface area contributed by atoms with Crippen molar-refractivity contribution >= 4 is 28.5 Å². The molecule has 4 nitrogen and oxygen atoms in total. The molecule has 1 N–H and O–H groups in total.